The summed E-state index contributed by atoms with van der Waals surface area (Å²) in [6.07, 6.45) is -4.09. The van der Waals surface area contributed by atoms with Gasteiger partial charge in [-0.1, -0.05) is 12.1 Å². The summed E-state index contributed by atoms with van der Waals surface area (Å²) >= 11 is 0. The number of alkyl halides is 3. The molecule has 180 valence electrons. The maximum Gasteiger partial charge on any atom is 0.417 e. The third kappa shape index (κ3) is 4.30. The largest absolute Gasteiger partial charge is 0.493 e. The Morgan fingerprint density at radius 1 is 1.26 bits per heavy atom. The Morgan fingerprint density at radius 3 is 2.71 bits per heavy atom. The zero-order valence-electron chi connectivity index (χ0n) is 18.8. The van der Waals surface area contributed by atoms with Gasteiger partial charge in [-0.2, -0.15) is 18.4 Å². The van der Waals surface area contributed by atoms with E-state index in [1.165, 1.54) is 12.1 Å². The van der Waals surface area contributed by atoms with E-state index in [4.69, 9.17) is 10.00 Å². The number of nitrogens with zero attached hydrogens (tertiary/aromatic N) is 3. The van der Waals surface area contributed by atoms with Crippen molar-refractivity contribution < 1.29 is 27.8 Å². The minimum Gasteiger partial charge on any atom is -0.493 e. The van der Waals surface area contributed by atoms with E-state index in [0.717, 1.165) is 6.07 Å². The summed E-state index contributed by atoms with van der Waals surface area (Å²) in [6, 6.07) is 12.4. The summed E-state index contributed by atoms with van der Waals surface area (Å²) in [5, 5.41) is 19.3. The average Bonchev–Trinajstić information content (AvgIpc) is 3.22. The first-order valence-corrected chi connectivity index (χ1v) is 11.2. The molecule has 0 spiro atoms. The fraction of sp³-hybridized carbons (Fsp3) is 0.440. The van der Waals surface area contributed by atoms with Crippen LogP contribution in [0.1, 0.15) is 34.8 Å². The van der Waals surface area contributed by atoms with E-state index in [1.54, 1.807) is 35.2 Å². The van der Waals surface area contributed by atoms with Gasteiger partial charge in [0.1, 0.15) is 5.75 Å². The van der Waals surface area contributed by atoms with E-state index in [1.807, 2.05) is 11.8 Å². The normalized spacial score (nSPS) is 22.3. The second-order valence-electron chi connectivity index (χ2n) is 8.87. The number of aliphatic hydroxyl groups is 1. The summed E-state index contributed by atoms with van der Waals surface area (Å²) in [5.41, 5.74) is -1.04. The smallest absolute Gasteiger partial charge is 0.417 e. The van der Waals surface area contributed by atoms with Crippen molar-refractivity contribution in [3.05, 3.63) is 59.2 Å². The Labute approximate surface area is 196 Å². The van der Waals surface area contributed by atoms with E-state index in [2.05, 4.69) is 0 Å². The molecule has 34 heavy (non-hydrogen) atoms. The van der Waals surface area contributed by atoms with Gasteiger partial charge in [0.25, 0.3) is 5.91 Å². The third-order valence-corrected chi connectivity index (χ3v) is 6.95. The molecule has 9 heteroatoms. The van der Waals surface area contributed by atoms with Gasteiger partial charge in [-0.15, -0.1) is 0 Å². The van der Waals surface area contributed by atoms with E-state index in [0.29, 0.717) is 56.2 Å². The molecule has 6 nitrogen and oxygen atoms in total. The van der Waals surface area contributed by atoms with Gasteiger partial charge in [-0.3, -0.25) is 4.79 Å². The van der Waals surface area contributed by atoms with Gasteiger partial charge in [-0.05, 0) is 43.7 Å². The summed E-state index contributed by atoms with van der Waals surface area (Å²) in [4.78, 5) is 16.9. The first-order valence-electron chi connectivity index (χ1n) is 11.2. The van der Waals surface area contributed by atoms with Crippen LogP contribution in [0.25, 0.3) is 0 Å². The molecule has 2 atom stereocenters. The lowest BCUT2D eigenvalue weighted by Gasteiger charge is -2.43. The van der Waals surface area contributed by atoms with E-state index in [9.17, 15) is 23.1 Å². The van der Waals surface area contributed by atoms with Crippen molar-refractivity contribution in [2.75, 3.05) is 44.3 Å². The molecule has 1 N–H and O–H groups in total. The lowest BCUT2D eigenvalue weighted by atomic mass is 9.73. The van der Waals surface area contributed by atoms with E-state index in [-0.39, 0.29) is 18.4 Å². The van der Waals surface area contributed by atoms with E-state index < -0.39 is 22.7 Å². The predicted molar refractivity (Wildman–Crippen MR) is 120 cm³/mol. The highest BCUT2D eigenvalue weighted by Crippen LogP contribution is 2.45. The quantitative estimate of drug-likeness (QED) is 0.712. The molecule has 2 aromatic carbocycles. The highest BCUT2D eigenvalue weighted by atomic mass is 19.4. The van der Waals surface area contributed by atoms with Gasteiger partial charge in [-0.25, -0.2) is 0 Å². The second-order valence-corrected chi connectivity index (χ2v) is 8.87. The maximum atomic E-state index is 13.4. The summed E-state index contributed by atoms with van der Waals surface area (Å²) in [5.74, 6) is 0.205. The first-order chi connectivity index (χ1) is 16.2. The van der Waals surface area contributed by atoms with Gasteiger partial charge >= 0.3 is 6.18 Å². The number of rotatable bonds is 5. The Kier molecular flexibility index (Phi) is 6.45. The zero-order valence-corrected chi connectivity index (χ0v) is 18.8. The minimum absolute atomic E-state index is 0.108. The molecule has 2 aliphatic heterocycles. The number of para-hydroxylation sites is 1. The van der Waals surface area contributed by atoms with Crippen LogP contribution in [0.15, 0.2) is 42.5 Å². The minimum atomic E-state index is -4.63. The topological polar surface area (TPSA) is 76.8 Å². The van der Waals surface area contributed by atoms with Gasteiger partial charge in [0.15, 0.2) is 0 Å². The molecule has 0 radical (unpaired) electrons. The van der Waals surface area contributed by atoms with Crippen molar-refractivity contribution >= 4 is 11.6 Å². The number of nitriles is 1. The lowest BCUT2D eigenvalue weighted by Crippen LogP contribution is -2.49. The molecule has 1 amide bonds. The van der Waals surface area contributed by atoms with Crippen molar-refractivity contribution in [2.24, 2.45) is 11.3 Å². The van der Waals surface area contributed by atoms with Crippen LogP contribution in [0.3, 0.4) is 0 Å². The van der Waals surface area contributed by atoms with Crippen LogP contribution in [-0.4, -0.2) is 55.3 Å². The molecule has 0 aliphatic carbocycles. The number of ether oxygens (including phenoxy) is 1. The summed E-state index contributed by atoms with van der Waals surface area (Å²) in [7, 11) is 0. The fourth-order valence-corrected chi connectivity index (χ4v) is 5.09. The number of halogens is 3. The van der Waals surface area contributed by atoms with Crippen molar-refractivity contribution in [3.8, 4) is 11.8 Å². The molecule has 2 aliphatic rings. The maximum absolute atomic E-state index is 13.4. The first kappa shape index (κ1) is 23.9. The van der Waals surface area contributed by atoms with Gasteiger partial charge in [0.2, 0.25) is 0 Å². The highest BCUT2D eigenvalue weighted by Gasteiger charge is 2.50. The number of aliphatic hydroxyl groups excluding tert-OH is 1. The van der Waals surface area contributed by atoms with Gasteiger partial charge in [0, 0.05) is 43.2 Å². The van der Waals surface area contributed by atoms with Crippen molar-refractivity contribution in [1.82, 2.24) is 4.90 Å². The molecule has 4 rings (SSSR count). The Bertz CT molecular complexity index is 1110. The van der Waals surface area contributed by atoms with Crippen molar-refractivity contribution in [3.63, 3.8) is 0 Å². The molecule has 2 heterocycles. The van der Waals surface area contributed by atoms with Crippen molar-refractivity contribution in [1.29, 1.82) is 5.26 Å². The lowest BCUT2D eigenvalue weighted by molar-refractivity contribution is -0.137. The molecule has 0 saturated carbocycles. The molecule has 2 aromatic rings. The van der Waals surface area contributed by atoms with Crippen LogP contribution in [0.5, 0.6) is 5.75 Å². The Morgan fingerprint density at radius 2 is 2.03 bits per heavy atom. The van der Waals surface area contributed by atoms with Crippen LogP contribution in [0.4, 0.5) is 18.9 Å². The zero-order chi connectivity index (χ0) is 24.5. The van der Waals surface area contributed by atoms with Gasteiger partial charge in [0.05, 0.1) is 36.0 Å². The van der Waals surface area contributed by atoms with Crippen LogP contribution < -0.4 is 9.64 Å². The van der Waals surface area contributed by atoms with E-state index >= 15 is 0 Å². The molecule has 2 saturated heterocycles. The van der Waals surface area contributed by atoms with Crippen LogP contribution >= 0.6 is 0 Å². The number of carbonyl (C=O) groups is 1. The number of carbonyl (C=O) groups excluding carboxylic acids is 1. The SMILES string of the molecule is CCOc1ccccc1C(=O)N1C[C@H]2CN(c3ccc(C#N)c(C(F)(F)F)c3)CC[C@@]2(CO)C1. The summed E-state index contributed by atoms with van der Waals surface area (Å²) < 4.78 is 45.9. The monoisotopic (exact) mass is 473 g/mol. The molecular formula is C25H26F3N3O3. The molecule has 0 bridgehead atoms. The van der Waals surface area contributed by atoms with Crippen molar-refractivity contribution in [2.45, 2.75) is 19.5 Å². The number of amides is 1. The number of hydrogen-bond acceptors (Lipinski definition) is 5. The number of anilines is 1. The molecular weight excluding hydrogens is 447 g/mol. The molecule has 2 fully saturated rings. The average molecular weight is 473 g/mol. The third-order valence-electron chi connectivity index (χ3n) is 6.95. The Balaban J connectivity index is 1.57. The Hall–Kier alpha value is -3.25. The number of likely N-dealkylation sites (tertiary alicyclic amines) is 1. The number of benzene rings is 2. The highest BCUT2D eigenvalue weighted by molar-refractivity contribution is 5.97. The number of hydrogen-bond donors (Lipinski definition) is 1. The number of piperidine rings is 1. The second kappa shape index (κ2) is 9.18. The van der Waals surface area contributed by atoms with Crippen LogP contribution in [0.2, 0.25) is 0 Å². The standard InChI is InChI=1S/C25H26F3N3O3/c1-2-34-22-6-4-3-5-20(22)23(33)31-14-18-13-30(10-9-24(18,15-31)16-32)19-8-7-17(12-29)21(11-19)25(26,27)28/h3-8,11,18,32H,2,9-10,13-16H2,1H3/t18-,24+/m1/s1. The summed E-state index contributed by atoms with van der Waals surface area (Å²) in [6.45, 7) is 3.77. The molecule has 0 aromatic heterocycles. The fourth-order valence-electron chi connectivity index (χ4n) is 5.09. The van der Waals surface area contributed by atoms with Crippen LogP contribution in [0, 0.1) is 22.7 Å². The number of fused-ring (bicyclic) bond motifs is 1. The van der Waals surface area contributed by atoms with Crippen LogP contribution in [-0.2, 0) is 6.18 Å². The predicted octanol–water partition coefficient (Wildman–Crippen LogP) is 3.94. The molecule has 0 unspecified atom stereocenters. The van der Waals surface area contributed by atoms with Gasteiger partial charge < -0.3 is 19.6 Å².